The van der Waals surface area contributed by atoms with Gasteiger partial charge in [-0.05, 0) is 49.2 Å². The third-order valence-corrected chi connectivity index (χ3v) is 6.35. The molecule has 27 heavy (non-hydrogen) atoms. The average molecular weight is 389 g/mol. The first kappa shape index (κ1) is 19.9. The monoisotopic (exact) mass is 388 g/mol. The fourth-order valence-electron chi connectivity index (χ4n) is 3.56. The van der Waals surface area contributed by atoms with E-state index < -0.39 is 10.0 Å². The fourth-order valence-corrected chi connectivity index (χ4v) is 4.71. The Morgan fingerprint density at radius 1 is 1.00 bits per heavy atom. The number of piperidine rings is 1. The molecule has 3 rings (SSSR count). The molecular formula is C21H28N2O3S. The Labute approximate surface area is 162 Å². The molecule has 1 unspecified atom stereocenters. The molecule has 2 aromatic carbocycles. The van der Waals surface area contributed by atoms with Crippen LogP contribution in [0.5, 0.6) is 5.75 Å². The zero-order chi connectivity index (χ0) is 19.1. The van der Waals surface area contributed by atoms with Gasteiger partial charge in [-0.3, -0.25) is 4.90 Å². The van der Waals surface area contributed by atoms with Gasteiger partial charge in [0.1, 0.15) is 5.75 Å². The summed E-state index contributed by atoms with van der Waals surface area (Å²) in [7, 11) is -1.74. The lowest BCUT2D eigenvalue weighted by Crippen LogP contribution is -2.40. The van der Waals surface area contributed by atoms with E-state index >= 15 is 0 Å². The van der Waals surface area contributed by atoms with Crippen molar-refractivity contribution in [2.45, 2.75) is 31.1 Å². The van der Waals surface area contributed by atoms with Crippen LogP contribution in [0.1, 0.15) is 36.4 Å². The molecular weight excluding hydrogens is 360 g/mol. The molecule has 1 N–H and O–H groups in total. The van der Waals surface area contributed by atoms with Crippen molar-refractivity contribution in [2.75, 3.05) is 26.7 Å². The van der Waals surface area contributed by atoms with E-state index in [0.29, 0.717) is 6.54 Å². The second-order valence-corrected chi connectivity index (χ2v) is 8.79. The number of nitrogens with one attached hydrogen (secondary N) is 1. The Morgan fingerprint density at radius 2 is 1.67 bits per heavy atom. The highest BCUT2D eigenvalue weighted by Gasteiger charge is 2.24. The number of likely N-dealkylation sites (tertiary alicyclic amines) is 1. The molecule has 6 heteroatoms. The maximum absolute atomic E-state index is 12.6. The maximum atomic E-state index is 12.6. The number of nitrogens with zero attached hydrogens (tertiary/aromatic N) is 1. The first-order chi connectivity index (χ1) is 13.1. The molecule has 1 atom stereocenters. The summed E-state index contributed by atoms with van der Waals surface area (Å²) >= 11 is 0. The van der Waals surface area contributed by atoms with Crippen molar-refractivity contribution in [3.8, 4) is 5.75 Å². The minimum Gasteiger partial charge on any atom is -0.497 e. The van der Waals surface area contributed by atoms with Crippen molar-refractivity contribution >= 4 is 10.0 Å². The molecule has 1 heterocycles. The number of sulfonamides is 1. The van der Waals surface area contributed by atoms with E-state index in [1.807, 2.05) is 54.6 Å². The molecule has 0 spiro atoms. The van der Waals surface area contributed by atoms with Crippen LogP contribution in [0.2, 0.25) is 0 Å². The van der Waals surface area contributed by atoms with Gasteiger partial charge in [0.05, 0.1) is 12.9 Å². The van der Waals surface area contributed by atoms with Crippen molar-refractivity contribution in [3.05, 3.63) is 65.7 Å². The van der Waals surface area contributed by atoms with Crippen LogP contribution in [0, 0.1) is 0 Å². The van der Waals surface area contributed by atoms with E-state index in [1.54, 1.807) is 7.11 Å². The quantitative estimate of drug-likeness (QED) is 0.753. The van der Waals surface area contributed by atoms with Gasteiger partial charge < -0.3 is 4.74 Å². The number of methoxy groups -OCH3 is 1. The number of hydrogen-bond donors (Lipinski definition) is 1. The summed E-state index contributed by atoms with van der Waals surface area (Å²) in [4.78, 5) is 2.39. The minimum absolute atomic E-state index is 0.00315. The summed E-state index contributed by atoms with van der Waals surface area (Å²) in [6.45, 7) is 2.37. The van der Waals surface area contributed by atoms with Crippen LogP contribution in [0.25, 0.3) is 0 Å². The second kappa shape index (κ2) is 9.35. The standard InChI is InChI=1S/C21H28N2O3S/c1-26-20-12-10-19(11-13-20)21(23-14-6-3-7-15-23)16-22-27(24,25)17-18-8-4-2-5-9-18/h2,4-5,8-13,21-22H,3,6-7,14-17H2,1H3. The van der Waals surface area contributed by atoms with Gasteiger partial charge in [0.2, 0.25) is 10.0 Å². The van der Waals surface area contributed by atoms with E-state index in [0.717, 1.165) is 42.8 Å². The van der Waals surface area contributed by atoms with Gasteiger partial charge in [-0.15, -0.1) is 0 Å². The van der Waals surface area contributed by atoms with Crippen LogP contribution in [0.4, 0.5) is 0 Å². The van der Waals surface area contributed by atoms with Crippen LogP contribution >= 0.6 is 0 Å². The SMILES string of the molecule is COc1ccc(C(CNS(=O)(=O)Cc2ccccc2)N2CCCCC2)cc1. The Hall–Kier alpha value is -1.89. The normalized spacial score (nSPS) is 16.8. The second-order valence-electron chi connectivity index (χ2n) is 6.98. The molecule has 0 amide bonds. The molecule has 0 radical (unpaired) electrons. The summed E-state index contributed by atoms with van der Waals surface area (Å²) in [6, 6.07) is 17.2. The van der Waals surface area contributed by atoms with Gasteiger partial charge in [-0.25, -0.2) is 13.1 Å². The molecule has 2 aromatic rings. The van der Waals surface area contributed by atoms with Gasteiger partial charge in [-0.2, -0.15) is 0 Å². The van der Waals surface area contributed by atoms with Crippen LogP contribution in [-0.4, -0.2) is 40.1 Å². The van der Waals surface area contributed by atoms with E-state index in [4.69, 9.17) is 4.74 Å². The summed E-state index contributed by atoms with van der Waals surface area (Å²) < 4.78 is 33.2. The zero-order valence-electron chi connectivity index (χ0n) is 15.8. The van der Waals surface area contributed by atoms with Gasteiger partial charge in [0.15, 0.2) is 0 Å². The van der Waals surface area contributed by atoms with Crippen LogP contribution in [-0.2, 0) is 15.8 Å². The van der Waals surface area contributed by atoms with Crippen molar-refractivity contribution in [1.29, 1.82) is 0 Å². The van der Waals surface area contributed by atoms with Gasteiger partial charge in [-0.1, -0.05) is 48.9 Å². The number of ether oxygens (including phenoxy) is 1. The van der Waals surface area contributed by atoms with Crippen LogP contribution in [0.3, 0.4) is 0 Å². The predicted molar refractivity (Wildman–Crippen MR) is 108 cm³/mol. The number of benzene rings is 2. The lowest BCUT2D eigenvalue weighted by Gasteiger charge is -2.35. The number of hydrogen-bond acceptors (Lipinski definition) is 4. The Bertz CT molecular complexity index is 801. The van der Waals surface area contributed by atoms with Gasteiger partial charge in [0.25, 0.3) is 0 Å². The first-order valence-corrected chi connectivity index (χ1v) is 11.1. The maximum Gasteiger partial charge on any atom is 0.215 e. The zero-order valence-corrected chi connectivity index (χ0v) is 16.6. The smallest absolute Gasteiger partial charge is 0.215 e. The molecule has 1 saturated heterocycles. The topological polar surface area (TPSA) is 58.6 Å². The predicted octanol–water partition coefficient (Wildman–Crippen LogP) is 3.34. The highest BCUT2D eigenvalue weighted by molar-refractivity contribution is 7.88. The van der Waals surface area contributed by atoms with Gasteiger partial charge in [0, 0.05) is 12.6 Å². The van der Waals surface area contributed by atoms with Crippen LogP contribution < -0.4 is 9.46 Å². The first-order valence-electron chi connectivity index (χ1n) is 9.47. The summed E-state index contributed by atoms with van der Waals surface area (Å²) in [5.41, 5.74) is 1.91. The van der Waals surface area contributed by atoms with Crippen LogP contribution in [0.15, 0.2) is 54.6 Å². The summed E-state index contributed by atoms with van der Waals surface area (Å²) in [5.74, 6) is 0.809. The third-order valence-electron chi connectivity index (χ3n) is 5.03. The Balaban J connectivity index is 1.72. The molecule has 0 saturated carbocycles. The van der Waals surface area contributed by atoms with E-state index in [1.165, 1.54) is 6.42 Å². The molecule has 0 aromatic heterocycles. The lowest BCUT2D eigenvalue weighted by molar-refractivity contribution is 0.164. The van der Waals surface area contributed by atoms with Crippen molar-refractivity contribution in [3.63, 3.8) is 0 Å². The van der Waals surface area contributed by atoms with Gasteiger partial charge >= 0.3 is 0 Å². The third kappa shape index (κ3) is 5.79. The number of rotatable bonds is 8. The van der Waals surface area contributed by atoms with E-state index in [2.05, 4.69) is 9.62 Å². The average Bonchev–Trinajstić information content (AvgIpc) is 2.70. The molecule has 146 valence electrons. The van der Waals surface area contributed by atoms with E-state index in [-0.39, 0.29) is 11.8 Å². The highest BCUT2D eigenvalue weighted by atomic mass is 32.2. The van der Waals surface area contributed by atoms with Crippen molar-refractivity contribution in [1.82, 2.24) is 9.62 Å². The molecule has 1 fully saturated rings. The lowest BCUT2D eigenvalue weighted by atomic mass is 10.0. The molecule has 1 aliphatic rings. The fraction of sp³-hybridized carbons (Fsp3) is 0.429. The minimum atomic E-state index is -3.39. The van der Waals surface area contributed by atoms with Crippen molar-refractivity contribution < 1.29 is 13.2 Å². The molecule has 0 aliphatic carbocycles. The highest BCUT2D eigenvalue weighted by Crippen LogP contribution is 2.26. The van der Waals surface area contributed by atoms with E-state index in [9.17, 15) is 8.42 Å². The van der Waals surface area contributed by atoms with Crippen molar-refractivity contribution in [2.24, 2.45) is 0 Å². The molecule has 0 bridgehead atoms. The largest absolute Gasteiger partial charge is 0.497 e. The molecule has 1 aliphatic heterocycles. The summed E-state index contributed by atoms with van der Waals surface area (Å²) in [6.07, 6.45) is 3.55. The molecule has 5 nitrogen and oxygen atoms in total. The summed E-state index contributed by atoms with van der Waals surface area (Å²) in [5, 5.41) is 0. The Morgan fingerprint density at radius 3 is 2.30 bits per heavy atom. The Kier molecular flexibility index (Phi) is 6.88.